The molecule has 0 heterocycles. The number of hydrogen-bond acceptors (Lipinski definition) is 2. The van der Waals surface area contributed by atoms with Gasteiger partial charge in [0, 0.05) is 18.1 Å². The molecule has 0 unspecified atom stereocenters. The molecular weight excluding hydrogens is 267 g/mol. The first-order valence-electron chi connectivity index (χ1n) is 6.25. The van der Waals surface area contributed by atoms with E-state index in [-0.39, 0.29) is 16.9 Å². The monoisotopic (exact) mass is 286 g/mol. The van der Waals surface area contributed by atoms with Crippen LogP contribution < -0.4 is 5.73 Å². The average molecular weight is 287 g/mol. The van der Waals surface area contributed by atoms with E-state index in [9.17, 15) is 9.18 Å². The number of hydrogen-bond donors (Lipinski definition) is 1. The fourth-order valence-electron chi connectivity index (χ4n) is 1.74. The Balaban J connectivity index is 2.99. The Labute approximate surface area is 118 Å². The smallest absolute Gasteiger partial charge is 0.256 e. The van der Waals surface area contributed by atoms with Crippen LogP contribution in [0, 0.1) is 11.2 Å². The lowest BCUT2D eigenvalue weighted by molar-refractivity contribution is 0.0696. The predicted octanol–water partition coefficient (Wildman–Crippen LogP) is 2.93. The highest BCUT2D eigenvalue weighted by molar-refractivity contribution is 6.31. The van der Waals surface area contributed by atoms with Crippen LogP contribution in [-0.2, 0) is 0 Å². The van der Waals surface area contributed by atoms with Crippen molar-refractivity contribution in [3.8, 4) is 0 Å². The van der Waals surface area contributed by atoms with Gasteiger partial charge in [0.05, 0.1) is 5.56 Å². The molecule has 106 valence electrons. The normalized spacial score (nSPS) is 11.5. The first-order valence-corrected chi connectivity index (χ1v) is 6.63. The molecule has 0 aliphatic rings. The lowest BCUT2D eigenvalue weighted by atomic mass is 9.93. The second-order valence-electron chi connectivity index (χ2n) is 5.31. The number of rotatable bonds is 5. The zero-order valence-electron chi connectivity index (χ0n) is 11.5. The largest absolute Gasteiger partial charge is 0.338 e. The summed E-state index contributed by atoms with van der Waals surface area (Å²) in [6, 6.07) is 3.99. The van der Waals surface area contributed by atoms with Crippen LogP contribution in [0.15, 0.2) is 18.2 Å². The second kappa shape index (κ2) is 6.35. The standard InChI is InChI=1S/C14H20ClFN2O/c1-4-18(9-14(2,3)8-17)13(19)11-7-10(15)5-6-12(11)16/h5-7H,4,8-9,17H2,1-3H3. The van der Waals surface area contributed by atoms with E-state index in [0.717, 1.165) is 0 Å². The van der Waals surface area contributed by atoms with E-state index in [0.29, 0.717) is 24.7 Å². The first kappa shape index (κ1) is 15.9. The molecule has 5 heteroatoms. The zero-order valence-corrected chi connectivity index (χ0v) is 12.3. The number of carbonyl (C=O) groups is 1. The number of benzene rings is 1. The minimum Gasteiger partial charge on any atom is -0.338 e. The molecule has 1 rings (SSSR count). The Morgan fingerprint density at radius 3 is 2.63 bits per heavy atom. The van der Waals surface area contributed by atoms with Crippen LogP contribution in [0.3, 0.4) is 0 Å². The summed E-state index contributed by atoms with van der Waals surface area (Å²) in [6.07, 6.45) is 0. The third-order valence-electron chi connectivity index (χ3n) is 3.00. The van der Waals surface area contributed by atoms with Crippen molar-refractivity contribution < 1.29 is 9.18 Å². The fraction of sp³-hybridized carbons (Fsp3) is 0.500. The van der Waals surface area contributed by atoms with Gasteiger partial charge in [0.1, 0.15) is 5.82 Å². The third-order valence-corrected chi connectivity index (χ3v) is 3.23. The number of nitrogens with zero attached hydrogens (tertiary/aromatic N) is 1. The Kier molecular flexibility index (Phi) is 5.32. The van der Waals surface area contributed by atoms with Gasteiger partial charge >= 0.3 is 0 Å². The predicted molar refractivity (Wildman–Crippen MR) is 75.8 cm³/mol. The van der Waals surface area contributed by atoms with Crippen LogP contribution in [0.25, 0.3) is 0 Å². The van der Waals surface area contributed by atoms with Crippen molar-refractivity contribution in [2.45, 2.75) is 20.8 Å². The SMILES string of the molecule is CCN(CC(C)(C)CN)C(=O)c1cc(Cl)ccc1F. The van der Waals surface area contributed by atoms with E-state index >= 15 is 0 Å². The van der Waals surface area contributed by atoms with Crippen LogP contribution in [-0.4, -0.2) is 30.4 Å². The van der Waals surface area contributed by atoms with Gasteiger partial charge in [-0.25, -0.2) is 4.39 Å². The quantitative estimate of drug-likeness (QED) is 0.905. The molecule has 19 heavy (non-hydrogen) atoms. The highest BCUT2D eigenvalue weighted by atomic mass is 35.5. The number of nitrogens with two attached hydrogens (primary N) is 1. The molecule has 0 aromatic heterocycles. The van der Waals surface area contributed by atoms with Gasteiger partial charge in [-0.05, 0) is 37.1 Å². The molecule has 0 atom stereocenters. The summed E-state index contributed by atoms with van der Waals surface area (Å²) in [5.74, 6) is -0.914. The van der Waals surface area contributed by atoms with Crippen LogP contribution in [0.2, 0.25) is 5.02 Å². The Morgan fingerprint density at radius 2 is 2.11 bits per heavy atom. The van der Waals surface area contributed by atoms with Crippen molar-refractivity contribution in [2.75, 3.05) is 19.6 Å². The summed E-state index contributed by atoms with van der Waals surface area (Å²) in [4.78, 5) is 13.9. The molecule has 1 amide bonds. The minimum atomic E-state index is -0.557. The molecule has 0 radical (unpaired) electrons. The molecule has 1 aromatic rings. The van der Waals surface area contributed by atoms with Gasteiger partial charge in [-0.1, -0.05) is 25.4 Å². The molecule has 0 fully saturated rings. The highest BCUT2D eigenvalue weighted by Gasteiger charge is 2.25. The van der Waals surface area contributed by atoms with Crippen molar-refractivity contribution in [1.29, 1.82) is 0 Å². The lowest BCUT2D eigenvalue weighted by Gasteiger charge is -2.31. The van der Waals surface area contributed by atoms with Gasteiger partial charge in [0.2, 0.25) is 0 Å². The van der Waals surface area contributed by atoms with Crippen LogP contribution in [0.5, 0.6) is 0 Å². The van der Waals surface area contributed by atoms with Gasteiger partial charge in [-0.3, -0.25) is 4.79 Å². The van der Waals surface area contributed by atoms with Gasteiger partial charge in [-0.2, -0.15) is 0 Å². The lowest BCUT2D eigenvalue weighted by Crippen LogP contribution is -2.42. The van der Waals surface area contributed by atoms with Crippen LogP contribution in [0.4, 0.5) is 4.39 Å². The van der Waals surface area contributed by atoms with Crippen molar-refractivity contribution in [3.63, 3.8) is 0 Å². The van der Waals surface area contributed by atoms with Crippen LogP contribution >= 0.6 is 11.6 Å². The van der Waals surface area contributed by atoms with Crippen molar-refractivity contribution in [3.05, 3.63) is 34.6 Å². The van der Waals surface area contributed by atoms with Gasteiger partial charge in [-0.15, -0.1) is 0 Å². The van der Waals surface area contributed by atoms with E-state index in [1.165, 1.54) is 18.2 Å². The summed E-state index contributed by atoms with van der Waals surface area (Å²) in [6.45, 7) is 7.22. The zero-order chi connectivity index (χ0) is 14.6. The van der Waals surface area contributed by atoms with E-state index in [4.69, 9.17) is 17.3 Å². The van der Waals surface area contributed by atoms with E-state index in [2.05, 4.69) is 0 Å². The summed E-state index contributed by atoms with van der Waals surface area (Å²) in [5.41, 5.74) is 5.46. The van der Waals surface area contributed by atoms with E-state index in [1.54, 1.807) is 4.90 Å². The van der Waals surface area contributed by atoms with Crippen molar-refractivity contribution >= 4 is 17.5 Å². The molecule has 3 nitrogen and oxygen atoms in total. The van der Waals surface area contributed by atoms with E-state index in [1.807, 2.05) is 20.8 Å². The minimum absolute atomic E-state index is 0.00201. The summed E-state index contributed by atoms with van der Waals surface area (Å²) in [5, 5.41) is 0.346. The maximum atomic E-state index is 13.7. The Hall–Kier alpha value is -1.13. The maximum absolute atomic E-state index is 13.7. The highest BCUT2D eigenvalue weighted by Crippen LogP contribution is 2.20. The number of halogens is 2. The molecule has 0 saturated heterocycles. The van der Waals surface area contributed by atoms with Crippen molar-refractivity contribution in [1.82, 2.24) is 4.90 Å². The summed E-state index contributed by atoms with van der Waals surface area (Å²) >= 11 is 5.81. The van der Waals surface area contributed by atoms with Gasteiger partial charge < -0.3 is 10.6 Å². The molecule has 0 saturated carbocycles. The molecular formula is C14H20ClFN2O. The van der Waals surface area contributed by atoms with Gasteiger partial charge in [0.25, 0.3) is 5.91 Å². The summed E-state index contributed by atoms with van der Waals surface area (Å²) < 4.78 is 13.7. The fourth-order valence-corrected chi connectivity index (χ4v) is 1.91. The second-order valence-corrected chi connectivity index (χ2v) is 5.75. The first-order chi connectivity index (χ1) is 8.80. The molecule has 1 aromatic carbocycles. The average Bonchev–Trinajstić information content (AvgIpc) is 2.38. The molecule has 0 bridgehead atoms. The third kappa shape index (κ3) is 4.18. The van der Waals surface area contributed by atoms with Gasteiger partial charge in [0.15, 0.2) is 0 Å². The number of carbonyl (C=O) groups excluding carboxylic acids is 1. The van der Waals surface area contributed by atoms with E-state index < -0.39 is 5.82 Å². The molecule has 2 N–H and O–H groups in total. The Bertz CT molecular complexity index is 463. The van der Waals surface area contributed by atoms with Crippen molar-refractivity contribution in [2.24, 2.45) is 11.1 Å². The van der Waals surface area contributed by atoms with Crippen LogP contribution in [0.1, 0.15) is 31.1 Å². The topological polar surface area (TPSA) is 46.3 Å². The molecule has 0 spiro atoms. The molecule has 0 aliphatic carbocycles. The Morgan fingerprint density at radius 1 is 1.47 bits per heavy atom. The summed E-state index contributed by atoms with van der Waals surface area (Å²) in [7, 11) is 0. The number of amides is 1. The maximum Gasteiger partial charge on any atom is 0.256 e. The molecule has 0 aliphatic heterocycles.